The summed E-state index contributed by atoms with van der Waals surface area (Å²) in [6.07, 6.45) is 7.45. The van der Waals surface area contributed by atoms with Crippen LogP contribution in [0.15, 0.2) is 49.1 Å². The number of benzene rings is 1. The summed E-state index contributed by atoms with van der Waals surface area (Å²) >= 11 is 0. The standard InChI is InChI=1S/C19H20N4O2/c1-22-11-14(9-21-22)12-23-5-6-25-19-17(13-23)7-16(8-18(19)24)15-3-2-4-20-10-15/h2-4,7-11,24H,5-6,12-13H2,1H3. The molecule has 0 radical (unpaired) electrons. The van der Waals surface area contributed by atoms with Gasteiger partial charge < -0.3 is 9.84 Å². The van der Waals surface area contributed by atoms with Crippen LogP contribution in [0.4, 0.5) is 0 Å². The summed E-state index contributed by atoms with van der Waals surface area (Å²) in [5.41, 5.74) is 4.07. The first-order valence-electron chi connectivity index (χ1n) is 8.28. The van der Waals surface area contributed by atoms with Gasteiger partial charge in [-0.05, 0) is 23.8 Å². The summed E-state index contributed by atoms with van der Waals surface area (Å²) in [7, 11) is 1.92. The first kappa shape index (κ1) is 15.7. The smallest absolute Gasteiger partial charge is 0.165 e. The van der Waals surface area contributed by atoms with Gasteiger partial charge in [-0.3, -0.25) is 14.6 Å². The molecule has 4 rings (SSSR count). The number of aryl methyl sites for hydroxylation is 1. The van der Waals surface area contributed by atoms with Gasteiger partial charge >= 0.3 is 0 Å². The third kappa shape index (κ3) is 3.34. The molecular weight excluding hydrogens is 316 g/mol. The fourth-order valence-corrected chi connectivity index (χ4v) is 3.20. The minimum absolute atomic E-state index is 0.180. The molecule has 3 heterocycles. The van der Waals surface area contributed by atoms with Gasteiger partial charge in [0.1, 0.15) is 6.61 Å². The first-order valence-corrected chi connectivity index (χ1v) is 8.28. The normalized spacial score (nSPS) is 14.6. The summed E-state index contributed by atoms with van der Waals surface area (Å²) in [5.74, 6) is 0.765. The monoisotopic (exact) mass is 336 g/mol. The predicted molar refractivity (Wildman–Crippen MR) is 94.2 cm³/mol. The Morgan fingerprint density at radius 1 is 1.24 bits per heavy atom. The van der Waals surface area contributed by atoms with Gasteiger partial charge in [-0.15, -0.1) is 0 Å². The lowest BCUT2D eigenvalue weighted by atomic mass is 10.0. The van der Waals surface area contributed by atoms with Crippen molar-refractivity contribution in [3.05, 3.63) is 60.2 Å². The van der Waals surface area contributed by atoms with Crippen LogP contribution in [0.3, 0.4) is 0 Å². The molecule has 0 unspecified atom stereocenters. The van der Waals surface area contributed by atoms with E-state index in [1.807, 2.05) is 36.3 Å². The highest BCUT2D eigenvalue weighted by Crippen LogP contribution is 2.37. The number of fused-ring (bicyclic) bond motifs is 1. The van der Waals surface area contributed by atoms with Gasteiger partial charge in [0.15, 0.2) is 11.5 Å². The fourth-order valence-electron chi connectivity index (χ4n) is 3.20. The van der Waals surface area contributed by atoms with E-state index >= 15 is 0 Å². The lowest BCUT2D eigenvalue weighted by molar-refractivity contribution is 0.217. The molecule has 2 aromatic heterocycles. The van der Waals surface area contributed by atoms with Crippen LogP contribution in [0.25, 0.3) is 11.1 Å². The molecule has 0 atom stereocenters. The van der Waals surface area contributed by atoms with E-state index in [9.17, 15) is 5.11 Å². The molecule has 6 heteroatoms. The number of phenols is 1. The van der Waals surface area contributed by atoms with Crippen molar-refractivity contribution in [2.45, 2.75) is 13.1 Å². The average Bonchev–Trinajstić information content (AvgIpc) is 2.90. The van der Waals surface area contributed by atoms with Crippen LogP contribution >= 0.6 is 0 Å². The Labute approximate surface area is 146 Å². The molecule has 1 aliphatic heterocycles. The predicted octanol–water partition coefficient (Wildman–Crippen LogP) is 2.58. The van der Waals surface area contributed by atoms with Gasteiger partial charge in [0, 0.05) is 62.0 Å². The van der Waals surface area contributed by atoms with Gasteiger partial charge in [0.05, 0.1) is 6.20 Å². The topological polar surface area (TPSA) is 63.4 Å². The maximum atomic E-state index is 10.4. The molecule has 0 fully saturated rings. The second-order valence-corrected chi connectivity index (χ2v) is 6.31. The Bertz CT molecular complexity index is 876. The molecule has 1 N–H and O–H groups in total. The zero-order valence-electron chi connectivity index (χ0n) is 14.1. The maximum Gasteiger partial charge on any atom is 0.165 e. The molecule has 6 nitrogen and oxygen atoms in total. The van der Waals surface area contributed by atoms with E-state index in [0.717, 1.165) is 29.8 Å². The Balaban J connectivity index is 1.64. The number of hydrogen-bond donors (Lipinski definition) is 1. The van der Waals surface area contributed by atoms with E-state index in [2.05, 4.69) is 21.0 Å². The summed E-state index contributed by atoms with van der Waals surface area (Å²) in [6.45, 7) is 2.86. The van der Waals surface area contributed by atoms with E-state index in [1.54, 1.807) is 18.5 Å². The van der Waals surface area contributed by atoms with Crippen LogP contribution in [0.5, 0.6) is 11.5 Å². The number of rotatable bonds is 3. The Hall–Kier alpha value is -2.86. The van der Waals surface area contributed by atoms with Crippen molar-refractivity contribution >= 4 is 0 Å². The van der Waals surface area contributed by atoms with Crippen LogP contribution in [0.1, 0.15) is 11.1 Å². The van der Waals surface area contributed by atoms with Crippen LogP contribution < -0.4 is 4.74 Å². The van der Waals surface area contributed by atoms with Crippen molar-refractivity contribution in [3.8, 4) is 22.6 Å². The number of phenolic OH excluding ortho intramolecular Hbond substituents is 1. The van der Waals surface area contributed by atoms with Crippen LogP contribution in [0, 0.1) is 0 Å². The van der Waals surface area contributed by atoms with Crippen molar-refractivity contribution in [1.82, 2.24) is 19.7 Å². The molecule has 128 valence electrons. The van der Waals surface area contributed by atoms with Crippen molar-refractivity contribution in [3.63, 3.8) is 0 Å². The van der Waals surface area contributed by atoms with E-state index in [1.165, 1.54) is 5.56 Å². The van der Waals surface area contributed by atoms with Gasteiger partial charge in [-0.25, -0.2) is 0 Å². The quantitative estimate of drug-likeness (QED) is 0.796. The van der Waals surface area contributed by atoms with Crippen molar-refractivity contribution in [1.29, 1.82) is 0 Å². The minimum atomic E-state index is 0.180. The highest BCUT2D eigenvalue weighted by molar-refractivity contribution is 5.68. The lowest BCUT2D eigenvalue weighted by Crippen LogP contribution is -2.25. The SMILES string of the molecule is Cn1cc(CN2CCOc3c(O)cc(-c4cccnc4)cc3C2)cn1. The summed E-state index contributed by atoms with van der Waals surface area (Å²) < 4.78 is 7.62. The highest BCUT2D eigenvalue weighted by atomic mass is 16.5. The molecule has 0 aliphatic carbocycles. The second kappa shape index (κ2) is 6.57. The molecule has 0 bridgehead atoms. The Morgan fingerprint density at radius 3 is 2.92 bits per heavy atom. The number of nitrogens with zero attached hydrogens (tertiary/aromatic N) is 4. The van der Waals surface area contributed by atoms with Crippen LogP contribution in [0.2, 0.25) is 0 Å². The van der Waals surface area contributed by atoms with Crippen molar-refractivity contribution < 1.29 is 9.84 Å². The lowest BCUT2D eigenvalue weighted by Gasteiger charge is -2.18. The molecular formula is C19H20N4O2. The van der Waals surface area contributed by atoms with E-state index < -0.39 is 0 Å². The molecule has 1 aromatic carbocycles. The number of ether oxygens (including phenoxy) is 1. The van der Waals surface area contributed by atoms with Crippen molar-refractivity contribution in [2.75, 3.05) is 13.2 Å². The minimum Gasteiger partial charge on any atom is -0.504 e. The zero-order valence-corrected chi connectivity index (χ0v) is 14.1. The number of hydrogen-bond acceptors (Lipinski definition) is 5. The van der Waals surface area contributed by atoms with Crippen molar-refractivity contribution in [2.24, 2.45) is 7.05 Å². The number of aromatic hydroxyl groups is 1. The van der Waals surface area contributed by atoms with Crippen LogP contribution in [-0.4, -0.2) is 37.9 Å². The summed E-state index contributed by atoms with van der Waals surface area (Å²) in [6, 6.07) is 7.70. The molecule has 0 spiro atoms. The third-order valence-corrected chi connectivity index (χ3v) is 4.35. The van der Waals surface area contributed by atoms with Gasteiger partial charge in [-0.2, -0.15) is 5.10 Å². The molecule has 0 amide bonds. The van der Waals surface area contributed by atoms with E-state index in [4.69, 9.17) is 4.74 Å². The maximum absolute atomic E-state index is 10.4. The van der Waals surface area contributed by atoms with E-state index in [-0.39, 0.29) is 5.75 Å². The fraction of sp³-hybridized carbons (Fsp3) is 0.263. The first-order chi connectivity index (χ1) is 12.2. The van der Waals surface area contributed by atoms with E-state index in [0.29, 0.717) is 18.9 Å². The molecule has 1 aliphatic rings. The molecule has 0 saturated heterocycles. The molecule has 0 saturated carbocycles. The van der Waals surface area contributed by atoms with Gasteiger partial charge in [-0.1, -0.05) is 6.07 Å². The van der Waals surface area contributed by atoms with Gasteiger partial charge in [0.25, 0.3) is 0 Å². The highest BCUT2D eigenvalue weighted by Gasteiger charge is 2.20. The largest absolute Gasteiger partial charge is 0.504 e. The second-order valence-electron chi connectivity index (χ2n) is 6.31. The third-order valence-electron chi connectivity index (χ3n) is 4.35. The molecule has 3 aromatic rings. The molecule has 25 heavy (non-hydrogen) atoms. The summed E-state index contributed by atoms with van der Waals surface area (Å²) in [4.78, 5) is 6.46. The number of pyridine rings is 1. The van der Waals surface area contributed by atoms with Gasteiger partial charge in [0.2, 0.25) is 0 Å². The number of aromatic nitrogens is 3. The zero-order chi connectivity index (χ0) is 17.2. The average molecular weight is 336 g/mol. The summed E-state index contributed by atoms with van der Waals surface area (Å²) in [5, 5.41) is 14.7. The Kier molecular flexibility index (Phi) is 4.11. The van der Waals surface area contributed by atoms with Crippen LogP contribution in [-0.2, 0) is 20.1 Å². The Morgan fingerprint density at radius 2 is 2.16 bits per heavy atom.